The van der Waals surface area contributed by atoms with E-state index in [-0.39, 0.29) is 12.4 Å². The highest BCUT2D eigenvalue weighted by atomic mass is 35.5. The predicted molar refractivity (Wildman–Crippen MR) is 136 cm³/mol. The number of ketones is 1. The van der Waals surface area contributed by atoms with Crippen LogP contribution in [-0.2, 0) is 16.1 Å². The van der Waals surface area contributed by atoms with Gasteiger partial charge in [-0.3, -0.25) is 4.79 Å². The highest BCUT2D eigenvalue weighted by Crippen LogP contribution is 2.46. The molecule has 0 saturated carbocycles. The van der Waals surface area contributed by atoms with Crippen molar-refractivity contribution in [1.29, 1.82) is 0 Å². The summed E-state index contributed by atoms with van der Waals surface area (Å²) in [6, 6.07) is 20.1. The van der Waals surface area contributed by atoms with Gasteiger partial charge in [-0.15, -0.1) is 0 Å². The average molecular weight is 506 g/mol. The molecular formula is C28H21Cl2NO4. The number of esters is 1. The van der Waals surface area contributed by atoms with Gasteiger partial charge in [-0.1, -0.05) is 65.7 Å². The quantitative estimate of drug-likeness (QED) is 0.411. The molecule has 1 unspecified atom stereocenters. The molecule has 1 aliphatic carbocycles. The van der Waals surface area contributed by atoms with Gasteiger partial charge >= 0.3 is 5.97 Å². The number of hydrogen-bond donors (Lipinski definition) is 1. The minimum absolute atomic E-state index is 0.0975. The fraction of sp³-hybridized carbons (Fsp3) is 0.143. The van der Waals surface area contributed by atoms with Gasteiger partial charge in [-0.05, 0) is 36.8 Å². The molecule has 0 amide bonds. The van der Waals surface area contributed by atoms with Crippen molar-refractivity contribution in [2.24, 2.45) is 0 Å². The topological polar surface area (TPSA) is 64.6 Å². The van der Waals surface area contributed by atoms with Crippen LogP contribution >= 0.6 is 23.2 Å². The molecule has 1 heterocycles. The van der Waals surface area contributed by atoms with Gasteiger partial charge in [0, 0.05) is 43.9 Å². The molecule has 5 nitrogen and oxygen atoms in total. The van der Waals surface area contributed by atoms with Gasteiger partial charge in [0.2, 0.25) is 0 Å². The summed E-state index contributed by atoms with van der Waals surface area (Å²) < 4.78 is 11.0. The molecule has 5 rings (SSSR count). The van der Waals surface area contributed by atoms with Crippen LogP contribution in [0.4, 0.5) is 0 Å². The molecule has 0 spiro atoms. The van der Waals surface area contributed by atoms with Gasteiger partial charge in [-0.2, -0.15) is 0 Å². The fourth-order valence-electron chi connectivity index (χ4n) is 4.60. The molecule has 2 aliphatic rings. The molecule has 0 fully saturated rings. The van der Waals surface area contributed by atoms with Crippen LogP contribution in [-0.4, -0.2) is 18.9 Å². The lowest BCUT2D eigenvalue weighted by Gasteiger charge is -2.29. The number of fused-ring (bicyclic) bond motifs is 2. The standard InChI is InChI=1S/C28H21Cl2NO4/c1-15-23(28(33)34-2)24(25-26(31-15)20-5-3-4-6-21(20)27(25)32)16-8-11-19(12-9-16)35-14-17-7-10-18(29)13-22(17)30/h3-13,24,31H,14H2,1-2H3. The number of hydrogen-bond acceptors (Lipinski definition) is 5. The number of rotatable bonds is 5. The molecule has 3 aromatic rings. The van der Waals surface area contributed by atoms with Gasteiger partial charge < -0.3 is 14.8 Å². The summed E-state index contributed by atoms with van der Waals surface area (Å²) in [4.78, 5) is 26.3. The summed E-state index contributed by atoms with van der Waals surface area (Å²) in [5, 5.41) is 4.38. The van der Waals surface area contributed by atoms with E-state index < -0.39 is 11.9 Å². The Hall–Kier alpha value is -3.54. The van der Waals surface area contributed by atoms with Crippen molar-refractivity contribution in [3.63, 3.8) is 0 Å². The Morgan fingerprint density at radius 3 is 2.40 bits per heavy atom. The number of carbonyl (C=O) groups excluding carboxylic acids is 2. The maximum Gasteiger partial charge on any atom is 0.336 e. The average Bonchev–Trinajstić information content (AvgIpc) is 3.14. The number of allylic oxidation sites excluding steroid dienone is 2. The minimum Gasteiger partial charge on any atom is -0.489 e. The monoisotopic (exact) mass is 505 g/mol. The van der Waals surface area contributed by atoms with E-state index in [0.29, 0.717) is 38.2 Å². The smallest absolute Gasteiger partial charge is 0.336 e. The number of dihydropyridines is 1. The zero-order chi connectivity index (χ0) is 24.7. The van der Waals surface area contributed by atoms with Crippen molar-refractivity contribution in [2.75, 3.05) is 7.11 Å². The Bertz CT molecular complexity index is 1420. The van der Waals surface area contributed by atoms with Gasteiger partial charge in [0.1, 0.15) is 12.4 Å². The SMILES string of the molecule is COC(=O)C1=C(C)NC2=C(C(=O)c3ccccc32)C1c1ccc(OCc2ccc(Cl)cc2Cl)cc1. The second-order valence-electron chi connectivity index (χ2n) is 8.35. The Morgan fingerprint density at radius 1 is 1.00 bits per heavy atom. The third-order valence-corrected chi connectivity index (χ3v) is 6.86. The van der Waals surface area contributed by atoms with E-state index in [1.165, 1.54) is 7.11 Å². The first kappa shape index (κ1) is 23.2. The molecule has 0 bridgehead atoms. The summed E-state index contributed by atoms with van der Waals surface area (Å²) >= 11 is 12.2. The lowest BCUT2D eigenvalue weighted by molar-refractivity contribution is -0.136. The molecule has 35 heavy (non-hydrogen) atoms. The molecule has 7 heteroatoms. The largest absolute Gasteiger partial charge is 0.489 e. The highest BCUT2D eigenvalue weighted by molar-refractivity contribution is 6.35. The number of methoxy groups -OCH3 is 1. The summed E-state index contributed by atoms with van der Waals surface area (Å²) in [7, 11) is 1.34. The molecule has 176 valence electrons. The Kier molecular flexibility index (Phi) is 6.13. The predicted octanol–water partition coefficient (Wildman–Crippen LogP) is 6.31. The molecule has 0 aromatic heterocycles. The summed E-state index contributed by atoms with van der Waals surface area (Å²) in [6.07, 6.45) is 0. The van der Waals surface area contributed by atoms with Crippen LogP contribution in [0.2, 0.25) is 10.0 Å². The van der Waals surface area contributed by atoms with Crippen molar-refractivity contribution < 1.29 is 19.1 Å². The molecule has 0 radical (unpaired) electrons. The van der Waals surface area contributed by atoms with Crippen molar-refractivity contribution in [3.05, 3.63) is 116 Å². The van der Waals surface area contributed by atoms with E-state index in [0.717, 1.165) is 22.4 Å². The van der Waals surface area contributed by atoms with Crippen LogP contribution in [0.5, 0.6) is 5.75 Å². The third kappa shape index (κ3) is 4.11. The number of nitrogens with one attached hydrogen (secondary N) is 1. The Morgan fingerprint density at radius 2 is 1.71 bits per heavy atom. The number of Topliss-reactive ketones (excluding diaryl/α,β-unsaturated/α-hetero) is 1. The van der Waals surface area contributed by atoms with Crippen molar-refractivity contribution >= 4 is 40.7 Å². The Balaban J connectivity index is 1.49. The lowest BCUT2D eigenvalue weighted by Crippen LogP contribution is -2.29. The first-order valence-corrected chi connectivity index (χ1v) is 11.8. The third-order valence-electron chi connectivity index (χ3n) is 6.28. The van der Waals surface area contributed by atoms with Gasteiger partial charge in [0.15, 0.2) is 5.78 Å². The summed E-state index contributed by atoms with van der Waals surface area (Å²) in [5.41, 5.74) is 5.40. The van der Waals surface area contributed by atoms with Crippen molar-refractivity contribution in [1.82, 2.24) is 5.32 Å². The first-order valence-electron chi connectivity index (χ1n) is 11.0. The van der Waals surface area contributed by atoms with Crippen LogP contribution in [0.25, 0.3) is 5.70 Å². The molecule has 1 aliphatic heterocycles. The zero-order valence-electron chi connectivity index (χ0n) is 19.0. The second-order valence-corrected chi connectivity index (χ2v) is 9.19. The summed E-state index contributed by atoms with van der Waals surface area (Å²) in [6.45, 7) is 2.10. The molecular weight excluding hydrogens is 485 g/mol. The number of halogens is 2. The maximum absolute atomic E-state index is 13.4. The molecule has 0 saturated heterocycles. The highest BCUT2D eigenvalue weighted by Gasteiger charge is 2.42. The number of carbonyl (C=O) groups is 2. The van der Waals surface area contributed by atoms with Crippen molar-refractivity contribution in [2.45, 2.75) is 19.4 Å². The number of benzene rings is 3. The van der Waals surface area contributed by atoms with E-state index >= 15 is 0 Å². The van der Waals surface area contributed by atoms with Crippen LogP contribution in [0.3, 0.4) is 0 Å². The van der Waals surface area contributed by atoms with E-state index in [1.807, 2.05) is 55.5 Å². The van der Waals surface area contributed by atoms with E-state index in [4.69, 9.17) is 32.7 Å². The number of ether oxygens (including phenoxy) is 2. The molecule has 1 atom stereocenters. The Labute approximate surface area is 213 Å². The van der Waals surface area contributed by atoms with Crippen LogP contribution < -0.4 is 10.1 Å². The normalized spacial score (nSPS) is 16.6. The fourth-order valence-corrected chi connectivity index (χ4v) is 5.06. The van der Waals surface area contributed by atoms with E-state index in [1.54, 1.807) is 18.2 Å². The molecule has 3 aromatic carbocycles. The van der Waals surface area contributed by atoms with Gasteiger partial charge in [0.05, 0.1) is 18.4 Å². The van der Waals surface area contributed by atoms with E-state index in [2.05, 4.69) is 5.32 Å². The van der Waals surface area contributed by atoms with Gasteiger partial charge in [0.25, 0.3) is 0 Å². The minimum atomic E-state index is -0.571. The van der Waals surface area contributed by atoms with Crippen LogP contribution in [0, 0.1) is 0 Å². The van der Waals surface area contributed by atoms with Crippen LogP contribution in [0.1, 0.15) is 39.9 Å². The summed E-state index contributed by atoms with van der Waals surface area (Å²) in [5.74, 6) is -0.518. The van der Waals surface area contributed by atoms with Gasteiger partial charge in [-0.25, -0.2) is 4.79 Å². The lowest BCUT2D eigenvalue weighted by atomic mass is 9.80. The first-order chi connectivity index (χ1) is 16.9. The maximum atomic E-state index is 13.4. The van der Waals surface area contributed by atoms with Crippen LogP contribution in [0.15, 0.2) is 83.6 Å². The van der Waals surface area contributed by atoms with E-state index in [9.17, 15) is 9.59 Å². The van der Waals surface area contributed by atoms with Crippen molar-refractivity contribution in [3.8, 4) is 5.75 Å². The molecule has 1 N–H and O–H groups in total. The second kappa shape index (κ2) is 9.25. The zero-order valence-corrected chi connectivity index (χ0v) is 20.5.